The molecule has 0 fully saturated rings. The van der Waals surface area contributed by atoms with Crippen molar-refractivity contribution in [2.24, 2.45) is 0 Å². The zero-order chi connectivity index (χ0) is 14.4. The van der Waals surface area contributed by atoms with Crippen molar-refractivity contribution in [3.8, 4) is 0 Å². The lowest BCUT2D eigenvalue weighted by Crippen LogP contribution is -2.27. The van der Waals surface area contributed by atoms with Gasteiger partial charge in [-0.25, -0.2) is 17.8 Å². The van der Waals surface area contributed by atoms with Crippen molar-refractivity contribution in [1.82, 2.24) is 14.5 Å². The molecule has 1 heterocycles. The molecular formula is C13H15N3O3S. The SMILES string of the molecule is O=c1cccnn1CCCNS(=O)(=O)c1ccccc1. The van der Waals surface area contributed by atoms with Crippen molar-refractivity contribution in [3.05, 3.63) is 59.0 Å². The van der Waals surface area contributed by atoms with Gasteiger partial charge in [-0.2, -0.15) is 5.10 Å². The smallest absolute Gasteiger partial charge is 0.266 e. The number of hydrogen-bond acceptors (Lipinski definition) is 4. The standard InChI is InChI=1S/C13H15N3O3S/c17-13-8-4-9-14-16(13)11-5-10-15-20(18,19)12-6-2-1-3-7-12/h1-4,6-9,15H,5,10-11H2. The van der Waals surface area contributed by atoms with Gasteiger partial charge >= 0.3 is 0 Å². The van der Waals surface area contributed by atoms with E-state index in [-0.39, 0.29) is 17.0 Å². The Morgan fingerprint density at radius 1 is 1.10 bits per heavy atom. The van der Waals surface area contributed by atoms with Gasteiger partial charge in [-0.05, 0) is 24.6 Å². The minimum atomic E-state index is -3.48. The van der Waals surface area contributed by atoms with Crippen LogP contribution in [0.25, 0.3) is 0 Å². The van der Waals surface area contributed by atoms with Crippen LogP contribution in [0, 0.1) is 0 Å². The maximum absolute atomic E-state index is 11.9. The van der Waals surface area contributed by atoms with Crippen LogP contribution >= 0.6 is 0 Å². The van der Waals surface area contributed by atoms with Crippen LogP contribution in [0.5, 0.6) is 0 Å². The largest absolute Gasteiger partial charge is 0.268 e. The predicted molar refractivity (Wildman–Crippen MR) is 74.7 cm³/mol. The second-order valence-electron chi connectivity index (χ2n) is 4.15. The van der Waals surface area contributed by atoms with Crippen LogP contribution < -0.4 is 10.3 Å². The summed E-state index contributed by atoms with van der Waals surface area (Å²) in [6.45, 7) is 0.622. The number of hydrogen-bond donors (Lipinski definition) is 1. The third kappa shape index (κ3) is 3.75. The summed E-state index contributed by atoms with van der Waals surface area (Å²) in [5.74, 6) is 0. The zero-order valence-corrected chi connectivity index (χ0v) is 11.6. The number of rotatable bonds is 6. The third-order valence-corrected chi connectivity index (χ3v) is 4.15. The summed E-state index contributed by atoms with van der Waals surface area (Å²) in [6, 6.07) is 11.1. The van der Waals surface area contributed by atoms with Gasteiger partial charge in [0.15, 0.2) is 0 Å². The summed E-state index contributed by atoms with van der Waals surface area (Å²) in [6.07, 6.45) is 2.01. The van der Waals surface area contributed by atoms with Gasteiger partial charge in [0, 0.05) is 25.4 Å². The lowest BCUT2D eigenvalue weighted by atomic mass is 10.4. The summed E-state index contributed by atoms with van der Waals surface area (Å²) in [5.41, 5.74) is -0.196. The number of benzene rings is 1. The molecule has 0 bridgehead atoms. The van der Waals surface area contributed by atoms with E-state index in [1.807, 2.05) is 0 Å². The molecule has 2 aromatic rings. The Labute approximate surface area is 117 Å². The molecule has 6 nitrogen and oxygen atoms in total. The molecule has 0 saturated carbocycles. The molecule has 1 aromatic carbocycles. The highest BCUT2D eigenvalue weighted by molar-refractivity contribution is 7.89. The summed E-state index contributed by atoms with van der Waals surface area (Å²) < 4.78 is 27.6. The summed E-state index contributed by atoms with van der Waals surface area (Å²) >= 11 is 0. The van der Waals surface area contributed by atoms with E-state index in [9.17, 15) is 13.2 Å². The molecule has 1 aromatic heterocycles. The van der Waals surface area contributed by atoms with Crippen molar-refractivity contribution in [2.45, 2.75) is 17.9 Å². The molecule has 0 unspecified atom stereocenters. The number of nitrogens with one attached hydrogen (secondary N) is 1. The van der Waals surface area contributed by atoms with Gasteiger partial charge in [0.2, 0.25) is 10.0 Å². The molecule has 0 atom stereocenters. The Balaban J connectivity index is 1.88. The van der Waals surface area contributed by atoms with E-state index in [4.69, 9.17) is 0 Å². The highest BCUT2D eigenvalue weighted by Crippen LogP contribution is 2.06. The van der Waals surface area contributed by atoms with Gasteiger partial charge in [-0.1, -0.05) is 18.2 Å². The molecule has 0 aliphatic heterocycles. The van der Waals surface area contributed by atoms with Gasteiger partial charge < -0.3 is 0 Å². The lowest BCUT2D eigenvalue weighted by Gasteiger charge is -2.07. The highest BCUT2D eigenvalue weighted by atomic mass is 32.2. The minimum Gasteiger partial charge on any atom is -0.268 e. The molecule has 0 saturated heterocycles. The van der Waals surface area contributed by atoms with E-state index in [1.54, 1.807) is 24.3 Å². The van der Waals surface area contributed by atoms with Crippen LogP contribution in [0.15, 0.2) is 58.4 Å². The van der Waals surface area contributed by atoms with Crippen molar-refractivity contribution in [1.29, 1.82) is 0 Å². The van der Waals surface area contributed by atoms with E-state index in [1.165, 1.54) is 29.1 Å². The van der Waals surface area contributed by atoms with E-state index in [0.29, 0.717) is 13.0 Å². The van der Waals surface area contributed by atoms with Gasteiger partial charge in [0.1, 0.15) is 0 Å². The van der Waals surface area contributed by atoms with Gasteiger partial charge in [0.05, 0.1) is 4.90 Å². The molecular weight excluding hydrogens is 278 g/mol. The van der Waals surface area contributed by atoms with E-state index in [2.05, 4.69) is 9.82 Å². The maximum Gasteiger partial charge on any atom is 0.266 e. The average Bonchev–Trinajstić information content (AvgIpc) is 2.46. The van der Waals surface area contributed by atoms with Crippen molar-refractivity contribution >= 4 is 10.0 Å². The first-order valence-corrected chi connectivity index (χ1v) is 7.65. The Kier molecular flexibility index (Phi) is 4.65. The highest BCUT2D eigenvalue weighted by Gasteiger charge is 2.11. The molecule has 0 spiro atoms. The van der Waals surface area contributed by atoms with Gasteiger partial charge in [0.25, 0.3) is 5.56 Å². The quantitative estimate of drug-likeness (QED) is 0.791. The molecule has 0 radical (unpaired) electrons. The fourth-order valence-corrected chi connectivity index (χ4v) is 2.77. The number of aromatic nitrogens is 2. The maximum atomic E-state index is 11.9. The Morgan fingerprint density at radius 2 is 1.85 bits per heavy atom. The van der Waals surface area contributed by atoms with Crippen LogP contribution in [0.1, 0.15) is 6.42 Å². The molecule has 106 valence electrons. The second-order valence-corrected chi connectivity index (χ2v) is 5.92. The molecule has 1 N–H and O–H groups in total. The Hall–Kier alpha value is -1.99. The van der Waals surface area contributed by atoms with E-state index >= 15 is 0 Å². The molecule has 20 heavy (non-hydrogen) atoms. The first-order valence-electron chi connectivity index (χ1n) is 6.16. The van der Waals surface area contributed by atoms with Crippen molar-refractivity contribution < 1.29 is 8.42 Å². The number of sulfonamides is 1. The second kappa shape index (κ2) is 6.44. The topological polar surface area (TPSA) is 81.1 Å². The van der Waals surface area contributed by atoms with Crippen LogP contribution in [0.2, 0.25) is 0 Å². The molecule has 0 amide bonds. The van der Waals surface area contributed by atoms with E-state index < -0.39 is 10.0 Å². The van der Waals surface area contributed by atoms with Gasteiger partial charge in [-0.3, -0.25) is 4.79 Å². The Morgan fingerprint density at radius 3 is 2.55 bits per heavy atom. The lowest BCUT2D eigenvalue weighted by molar-refractivity contribution is 0.535. The first-order chi connectivity index (χ1) is 9.59. The van der Waals surface area contributed by atoms with Crippen LogP contribution in [-0.4, -0.2) is 24.7 Å². The third-order valence-electron chi connectivity index (χ3n) is 2.68. The van der Waals surface area contributed by atoms with Crippen LogP contribution in [0.4, 0.5) is 0 Å². The predicted octanol–water partition coefficient (Wildman–Crippen LogP) is 0.612. The number of aryl methyl sites for hydroxylation is 1. The molecule has 2 rings (SSSR count). The fraction of sp³-hybridized carbons (Fsp3) is 0.231. The summed E-state index contributed by atoms with van der Waals surface area (Å²) in [7, 11) is -3.48. The number of nitrogens with zero attached hydrogens (tertiary/aromatic N) is 2. The first kappa shape index (κ1) is 14.4. The normalized spacial score (nSPS) is 11.4. The minimum absolute atomic E-state index is 0.196. The monoisotopic (exact) mass is 293 g/mol. The summed E-state index contributed by atoms with van der Waals surface area (Å²) in [4.78, 5) is 11.6. The van der Waals surface area contributed by atoms with Crippen LogP contribution in [-0.2, 0) is 16.6 Å². The fourth-order valence-electron chi connectivity index (χ4n) is 1.67. The Bertz CT molecular complexity index is 711. The molecule has 7 heteroatoms. The van der Waals surface area contributed by atoms with Gasteiger partial charge in [-0.15, -0.1) is 0 Å². The molecule has 0 aliphatic rings. The summed E-state index contributed by atoms with van der Waals surface area (Å²) in [5, 5.41) is 3.90. The van der Waals surface area contributed by atoms with Crippen molar-refractivity contribution in [2.75, 3.05) is 6.54 Å². The van der Waals surface area contributed by atoms with Crippen LogP contribution in [0.3, 0.4) is 0 Å². The average molecular weight is 293 g/mol. The zero-order valence-electron chi connectivity index (χ0n) is 10.8. The van der Waals surface area contributed by atoms with E-state index in [0.717, 1.165) is 0 Å². The molecule has 0 aliphatic carbocycles. The van der Waals surface area contributed by atoms with Crippen molar-refractivity contribution in [3.63, 3.8) is 0 Å².